The molecule has 5 heteroatoms. The van der Waals surface area contributed by atoms with Crippen LogP contribution in [-0.4, -0.2) is 23.9 Å². The number of carbonyl (C=O) groups excluding carboxylic acids is 3. The monoisotopic (exact) mass is 447 g/mol. The van der Waals surface area contributed by atoms with E-state index in [4.69, 9.17) is 4.74 Å². The van der Waals surface area contributed by atoms with Gasteiger partial charge in [-0.2, -0.15) is 0 Å². The number of esters is 1. The van der Waals surface area contributed by atoms with Crippen molar-refractivity contribution in [1.29, 1.82) is 0 Å². The second-order valence-electron chi connectivity index (χ2n) is 9.97. The Kier molecular flexibility index (Phi) is 6.42. The van der Waals surface area contributed by atoms with Crippen molar-refractivity contribution in [2.45, 2.75) is 78.2 Å². The van der Waals surface area contributed by atoms with Crippen LogP contribution in [0.15, 0.2) is 36.4 Å². The Morgan fingerprint density at radius 1 is 0.909 bits per heavy atom. The lowest BCUT2D eigenvalue weighted by Crippen LogP contribution is -2.32. The van der Waals surface area contributed by atoms with Crippen molar-refractivity contribution in [3.05, 3.63) is 64.2 Å². The maximum Gasteiger partial charge on any atom is 0.339 e. The third kappa shape index (κ3) is 4.09. The summed E-state index contributed by atoms with van der Waals surface area (Å²) in [5.41, 5.74) is 3.13. The van der Waals surface area contributed by atoms with Gasteiger partial charge in [0.2, 0.25) is 0 Å². The van der Waals surface area contributed by atoms with Crippen molar-refractivity contribution >= 4 is 23.5 Å². The minimum Gasteiger partial charge on any atom is -0.458 e. The number of hydrogen-bond acceptors (Lipinski definition) is 4. The quantitative estimate of drug-likeness (QED) is 0.389. The van der Waals surface area contributed by atoms with Gasteiger partial charge in [0.25, 0.3) is 11.8 Å². The van der Waals surface area contributed by atoms with Gasteiger partial charge in [-0.15, -0.1) is 0 Å². The fraction of sp³-hybridized carbons (Fsp3) is 0.464. The summed E-state index contributed by atoms with van der Waals surface area (Å²) < 4.78 is 5.84. The Morgan fingerprint density at radius 3 is 2.12 bits per heavy atom. The molecular formula is C28H33NO4. The van der Waals surface area contributed by atoms with Gasteiger partial charge in [0.05, 0.1) is 22.4 Å². The van der Waals surface area contributed by atoms with Crippen molar-refractivity contribution in [2.24, 2.45) is 5.92 Å². The third-order valence-electron chi connectivity index (χ3n) is 6.99. The van der Waals surface area contributed by atoms with Crippen LogP contribution in [0, 0.1) is 5.92 Å². The number of fused-ring (bicyclic) bond motifs is 1. The number of nitrogens with zero attached hydrogens (tertiary/aromatic N) is 1. The molecule has 1 aliphatic heterocycles. The fourth-order valence-electron chi connectivity index (χ4n) is 5.09. The molecule has 0 saturated heterocycles. The van der Waals surface area contributed by atoms with Gasteiger partial charge in [-0.05, 0) is 60.3 Å². The third-order valence-corrected chi connectivity index (χ3v) is 6.99. The molecule has 2 aliphatic rings. The summed E-state index contributed by atoms with van der Waals surface area (Å²) in [7, 11) is 0. The fourth-order valence-corrected chi connectivity index (χ4v) is 5.09. The first kappa shape index (κ1) is 23.2. The highest BCUT2D eigenvalue weighted by molar-refractivity contribution is 6.36. The van der Waals surface area contributed by atoms with Crippen LogP contribution in [0.5, 0.6) is 0 Å². The van der Waals surface area contributed by atoms with Crippen LogP contribution in [0.3, 0.4) is 0 Å². The van der Waals surface area contributed by atoms with E-state index in [9.17, 15) is 14.4 Å². The van der Waals surface area contributed by atoms with Crippen LogP contribution in [0.1, 0.15) is 114 Å². The molecular weight excluding hydrogens is 414 g/mol. The summed E-state index contributed by atoms with van der Waals surface area (Å²) >= 11 is 0. The van der Waals surface area contributed by atoms with Gasteiger partial charge >= 0.3 is 5.97 Å². The smallest absolute Gasteiger partial charge is 0.339 e. The highest BCUT2D eigenvalue weighted by atomic mass is 16.5. The normalized spacial score (nSPS) is 20.5. The molecule has 1 heterocycles. The average molecular weight is 448 g/mol. The van der Waals surface area contributed by atoms with Crippen molar-refractivity contribution in [3.63, 3.8) is 0 Å². The molecule has 4 rings (SSSR count). The van der Waals surface area contributed by atoms with Crippen molar-refractivity contribution in [2.75, 3.05) is 4.90 Å². The zero-order chi connectivity index (χ0) is 23.9. The van der Waals surface area contributed by atoms with E-state index in [0.29, 0.717) is 11.6 Å². The number of ether oxygens (including phenoxy) is 1. The highest BCUT2D eigenvalue weighted by Crippen LogP contribution is 2.40. The van der Waals surface area contributed by atoms with Gasteiger partial charge in [-0.1, -0.05) is 65.3 Å². The summed E-state index contributed by atoms with van der Waals surface area (Å²) in [5, 5.41) is 0. The summed E-state index contributed by atoms with van der Waals surface area (Å²) in [6.45, 7) is 10.3. The van der Waals surface area contributed by atoms with E-state index >= 15 is 0 Å². The summed E-state index contributed by atoms with van der Waals surface area (Å²) in [4.78, 5) is 41.7. The Balaban J connectivity index is 1.76. The van der Waals surface area contributed by atoms with Crippen LogP contribution >= 0.6 is 0 Å². The van der Waals surface area contributed by atoms with Gasteiger partial charge in [-0.25, -0.2) is 9.69 Å². The number of benzene rings is 2. The molecule has 0 N–H and O–H groups in total. The molecule has 1 fully saturated rings. The molecule has 0 spiro atoms. The molecule has 33 heavy (non-hydrogen) atoms. The maximum atomic E-state index is 13.7. The van der Waals surface area contributed by atoms with E-state index in [-0.39, 0.29) is 40.5 Å². The molecule has 2 unspecified atom stereocenters. The first-order valence-corrected chi connectivity index (χ1v) is 12.1. The Hall–Kier alpha value is -2.95. The topological polar surface area (TPSA) is 63.7 Å². The standard InChI is InChI=1S/C28H33NO4/c1-16(2)19-11-8-12-20(17(3)4)25(19)29-26(30)21-13-9-14-22(24(21)27(29)31)28(32)33-23-15-7-6-10-18(23)5/h8-9,11-14,16-18,23H,6-7,10,15H2,1-5H3. The van der Waals surface area contributed by atoms with Crippen LogP contribution in [0.25, 0.3) is 0 Å². The zero-order valence-electron chi connectivity index (χ0n) is 20.2. The molecule has 1 saturated carbocycles. The van der Waals surface area contributed by atoms with Crippen LogP contribution in [0.4, 0.5) is 5.69 Å². The minimum absolute atomic E-state index is 0.125. The number of carbonyl (C=O) groups is 3. The Morgan fingerprint density at radius 2 is 1.52 bits per heavy atom. The molecule has 2 atom stereocenters. The number of para-hydroxylation sites is 1. The largest absolute Gasteiger partial charge is 0.458 e. The SMILES string of the molecule is CC(C)c1cccc(C(C)C)c1N1C(=O)c2cccc(C(=O)OC3CCCCC3C)c2C1=O. The maximum absolute atomic E-state index is 13.7. The van der Waals surface area contributed by atoms with Crippen LogP contribution < -0.4 is 4.90 Å². The van der Waals surface area contributed by atoms with Gasteiger partial charge in [0.15, 0.2) is 0 Å². The predicted molar refractivity (Wildman–Crippen MR) is 129 cm³/mol. The van der Waals surface area contributed by atoms with Crippen LogP contribution in [0.2, 0.25) is 0 Å². The van der Waals surface area contributed by atoms with Gasteiger partial charge in [0, 0.05) is 0 Å². The first-order valence-electron chi connectivity index (χ1n) is 12.1. The second-order valence-corrected chi connectivity index (χ2v) is 9.97. The molecule has 1 aliphatic carbocycles. The second kappa shape index (κ2) is 9.12. The molecule has 2 aromatic carbocycles. The lowest BCUT2D eigenvalue weighted by molar-refractivity contribution is 0.00467. The van der Waals surface area contributed by atoms with Crippen LogP contribution in [-0.2, 0) is 4.74 Å². The first-order chi connectivity index (χ1) is 15.7. The Bertz CT molecular complexity index is 1070. The minimum atomic E-state index is -0.519. The lowest BCUT2D eigenvalue weighted by atomic mass is 9.88. The van der Waals surface area contributed by atoms with Gasteiger partial charge in [0.1, 0.15) is 6.10 Å². The van der Waals surface area contributed by atoms with E-state index < -0.39 is 11.9 Å². The lowest BCUT2D eigenvalue weighted by Gasteiger charge is -2.28. The van der Waals surface area contributed by atoms with Crippen molar-refractivity contribution in [3.8, 4) is 0 Å². The van der Waals surface area contributed by atoms with E-state index in [1.807, 2.05) is 18.2 Å². The van der Waals surface area contributed by atoms with E-state index in [1.165, 1.54) is 4.90 Å². The molecule has 0 radical (unpaired) electrons. The summed E-state index contributed by atoms with van der Waals surface area (Å²) in [6.07, 6.45) is 3.88. The summed E-state index contributed by atoms with van der Waals surface area (Å²) in [6, 6.07) is 10.8. The van der Waals surface area contributed by atoms with E-state index in [1.54, 1.807) is 18.2 Å². The Labute approximate surface area is 196 Å². The molecule has 0 bridgehead atoms. The number of amides is 2. The number of anilines is 1. The van der Waals surface area contributed by atoms with Crippen molar-refractivity contribution < 1.29 is 19.1 Å². The number of hydrogen-bond donors (Lipinski definition) is 0. The average Bonchev–Trinajstić information content (AvgIpc) is 3.04. The van der Waals surface area contributed by atoms with Gasteiger partial charge < -0.3 is 4.74 Å². The molecule has 2 amide bonds. The predicted octanol–water partition coefficient (Wildman–Crippen LogP) is 6.47. The molecule has 2 aromatic rings. The van der Waals surface area contributed by atoms with Crippen molar-refractivity contribution in [1.82, 2.24) is 0 Å². The van der Waals surface area contributed by atoms with E-state index in [0.717, 1.165) is 36.8 Å². The summed E-state index contributed by atoms with van der Waals surface area (Å²) in [5.74, 6) is -0.810. The highest BCUT2D eigenvalue weighted by Gasteiger charge is 2.42. The van der Waals surface area contributed by atoms with E-state index in [2.05, 4.69) is 34.6 Å². The molecule has 5 nitrogen and oxygen atoms in total. The number of rotatable bonds is 5. The number of imide groups is 1. The molecule has 0 aromatic heterocycles. The zero-order valence-corrected chi connectivity index (χ0v) is 20.2. The van der Waals surface area contributed by atoms with Gasteiger partial charge in [-0.3, -0.25) is 9.59 Å². The molecule has 174 valence electrons.